The fraction of sp³-hybridized carbons (Fsp3) is 0.692. The number of hydrogen-bond donors (Lipinski definition) is 0. The normalized spacial score (nSPS) is 40.4. The van der Waals surface area contributed by atoms with Crippen LogP contribution in [0.15, 0.2) is 11.8 Å². The highest BCUT2D eigenvalue weighted by Crippen LogP contribution is 2.45. The van der Waals surface area contributed by atoms with Crippen LogP contribution < -0.4 is 0 Å². The molecule has 94 valence electrons. The van der Waals surface area contributed by atoms with Crippen LogP contribution in [-0.4, -0.2) is 18.0 Å². The van der Waals surface area contributed by atoms with Gasteiger partial charge in [-0.2, -0.15) is 0 Å². The van der Waals surface area contributed by atoms with Crippen molar-refractivity contribution in [1.29, 1.82) is 0 Å². The molecule has 5 unspecified atom stereocenters. The van der Waals surface area contributed by atoms with Crippen molar-refractivity contribution in [1.82, 2.24) is 0 Å². The molecule has 0 saturated carbocycles. The average molecular weight is 238 g/mol. The first-order chi connectivity index (χ1) is 7.91. The lowest BCUT2D eigenvalue weighted by Crippen LogP contribution is -2.34. The molecule has 0 radical (unpaired) electrons. The van der Waals surface area contributed by atoms with Crippen molar-refractivity contribution in [2.75, 3.05) is 0 Å². The molecule has 1 heterocycles. The molecular weight excluding hydrogens is 220 g/mol. The van der Waals surface area contributed by atoms with Gasteiger partial charge >= 0.3 is 11.9 Å². The van der Waals surface area contributed by atoms with E-state index in [4.69, 9.17) is 9.47 Å². The van der Waals surface area contributed by atoms with Crippen molar-refractivity contribution in [3.63, 3.8) is 0 Å². The fourth-order valence-corrected chi connectivity index (χ4v) is 2.94. The first-order valence-corrected chi connectivity index (χ1v) is 6.02. The van der Waals surface area contributed by atoms with Crippen LogP contribution in [0.4, 0.5) is 0 Å². The molecule has 2 aliphatic rings. The summed E-state index contributed by atoms with van der Waals surface area (Å²) in [6, 6.07) is 0. The van der Waals surface area contributed by atoms with Gasteiger partial charge in [0.05, 0.1) is 5.92 Å². The van der Waals surface area contributed by atoms with Gasteiger partial charge in [-0.25, -0.2) is 0 Å². The Bertz CT molecular complexity index is 385. The van der Waals surface area contributed by atoms with E-state index in [2.05, 4.69) is 6.92 Å². The zero-order valence-electron chi connectivity index (χ0n) is 10.6. The summed E-state index contributed by atoms with van der Waals surface area (Å²) in [6.45, 7) is 7.40. The number of esters is 2. The van der Waals surface area contributed by atoms with Gasteiger partial charge in [0.15, 0.2) is 0 Å². The van der Waals surface area contributed by atoms with E-state index < -0.39 is 0 Å². The van der Waals surface area contributed by atoms with Crippen LogP contribution in [0.25, 0.3) is 0 Å². The van der Waals surface area contributed by atoms with Crippen LogP contribution >= 0.6 is 0 Å². The van der Waals surface area contributed by atoms with Crippen molar-refractivity contribution in [2.24, 2.45) is 23.7 Å². The van der Waals surface area contributed by atoms with Crippen molar-refractivity contribution < 1.29 is 19.1 Å². The quantitative estimate of drug-likeness (QED) is 0.655. The molecule has 17 heavy (non-hydrogen) atoms. The first-order valence-electron chi connectivity index (χ1n) is 6.02. The third-order valence-electron chi connectivity index (χ3n) is 3.98. The SMILES string of the molecule is CC(=O)OC1=CC2C(=O)OC(C)C2C(C)C1C. The largest absolute Gasteiger partial charge is 0.462 e. The van der Waals surface area contributed by atoms with E-state index in [9.17, 15) is 9.59 Å². The van der Waals surface area contributed by atoms with Crippen molar-refractivity contribution in [3.8, 4) is 0 Å². The zero-order chi connectivity index (χ0) is 12.7. The summed E-state index contributed by atoms with van der Waals surface area (Å²) in [5.74, 6) is 0.400. The van der Waals surface area contributed by atoms with E-state index in [1.54, 1.807) is 6.08 Å². The summed E-state index contributed by atoms with van der Waals surface area (Å²) < 4.78 is 10.4. The van der Waals surface area contributed by atoms with Gasteiger partial charge < -0.3 is 9.47 Å². The molecule has 1 saturated heterocycles. The average Bonchev–Trinajstić information content (AvgIpc) is 2.49. The Kier molecular flexibility index (Phi) is 2.98. The number of carbonyl (C=O) groups excluding carboxylic acids is 2. The zero-order valence-corrected chi connectivity index (χ0v) is 10.6. The Balaban J connectivity index is 2.31. The van der Waals surface area contributed by atoms with E-state index >= 15 is 0 Å². The Morgan fingerprint density at radius 1 is 1.35 bits per heavy atom. The van der Waals surface area contributed by atoms with E-state index in [-0.39, 0.29) is 41.7 Å². The lowest BCUT2D eigenvalue weighted by Gasteiger charge is -2.34. The first kappa shape index (κ1) is 12.1. The van der Waals surface area contributed by atoms with Gasteiger partial charge in [0, 0.05) is 18.8 Å². The summed E-state index contributed by atoms with van der Waals surface area (Å²) in [5.41, 5.74) is 0. The van der Waals surface area contributed by atoms with Gasteiger partial charge in [-0.05, 0) is 18.9 Å². The molecular formula is C13H18O4. The molecule has 0 spiro atoms. The summed E-state index contributed by atoms with van der Waals surface area (Å²) in [6.07, 6.45) is 1.71. The molecule has 4 heteroatoms. The van der Waals surface area contributed by atoms with Crippen LogP contribution in [0.2, 0.25) is 0 Å². The Morgan fingerprint density at radius 3 is 2.59 bits per heavy atom. The number of carbonyl (C=O) groups is 2. The van der Waals surface area contributed by atoms with Gasteiger partial charge in [0.1, 0.15) is 11.9 Å². The Hall–Kier alpha value is -1.32. The summed E-state index contributed by atoms with van der Waals surface area (Å²) in [4.78, 5) is 22.7. The maximum absolute atomic E-state index is 11.7. The molecule has 1 aliphatic heterocycles. The maximum atomic E-state index is 11.7. The second-order valence-corrected chi connectivity index (χ2v) is 5.06. The lowest BCUT2D eigenvalue weighted by atomic mass is 9.70. The van der Waals surface area contributed by atoms with Crippen LogP contribution in [0.3, 0.4) is 0 Å². The van der Waals surface area contributed by atoms with E-state index in [0.717, 1.165) is 0 Å². The van der Waals surface area contributed by atoms with Gasteiger partial charge in [-0.3, -0.25) is 9.59 Å². The molecule has 0 bridgehead atoms. The molecule has 0 aromatic rings. The molecule has 0 amide bonds. The topological polar surface area (TPSA) is 52.6 Å². The highest BCUT2D eigenvalue weighted by Gasteiger charge is 2.49. The molecule has 1 fully saturated rings. The van der Waals surface area contributed by atoms with Crippen molar-refractivity contribution >= 4 is 11.9 Å². The van der Waals surface area contributed by atoms with Gasteiger partial charge in [0.2, 0.25) is 0 Å². The Morgan fingerprint density at radius 2 is 2.00 bits per heavy atom. The van der Waals surface area contributed by atoms with Crippen LogP contribution in [-0.2, 0) is 19.1 Å². The predicted octanol–water partition coefficient (Wildman–Crippen LogP) is 1.90. The molecule has 0 aromatic carbocycles. The van der Waals surface area contributed by atoms with E-state index in [1.165, 1.54) is 6.92 Å². The van der Waals surface area contributed by atoms with Crippen molar-refractivity contribution in [2.45, 2.75) is 33.8 Å². The number of allylic oxidation sites excluding steroid dienone is 1. The highest BCUT2D eigenvalue weighted by atomic mass is 16.6. The van der Waals surface area contributed by atoms with Crippen LogP contribution in [0, 0.1) is 23.7 Å². The summed E-state index contributed by atoms with van der Waals surface area (Å²) in [5, 5.41) is 0. The van der Waals surface area contributed by atoms with Gasteiger partial charge in [-0.15, -0.1) is 0 Å². The summed E-state index contributed by atoms with van der Waals surface area (Å²) >= 11 is 0. The molecule has 2 rings (SSSR count). The minimum atomic E-state index is -0.340. The standard InChI is InChI=1S/C13H18O4/c1-6-7(2)12-8(3)16-13(15)10(12)5-11(6)17-9(4)14/h5-8,10,12H,1-4H3. The number of cyclic esters (lactones) is 1. The highest BCUT2D eigenvalue weighted by molar-refractivity contribution is 5.78. The Labute approximate surface area is 101 Å². The number of rotatable bonds is 1. The van der Waals surface area contributed by atoms with Crippen molar-refractivity contribution in [3.05, 3.63) is 11.8 Å². The van der Waals surface area contributed by atoms with Crippen LogP contribution in [0.1, 0.15) is 27.7 Å². The monoisotopic (exact) mass is 238 g/mol. The van der Waals surface area contributed by atoms with E-state index in [0.29, 0.717) is 5.76 Å². The second kappa shape index (κ2) is 4.17. The second-order valence-electron chi connectivity index (χ2n) is 5.06. The molecule has 5 atom stereocenters. The minimum Gasteiger partial charge on any atom is -0.462 e. The third-order valence-corrected chi connectivity index (χ3v) is 3.98. The summed E-state index contributed by atoms with van der Waals surface area (Å²) in [7, 11) is 0. The fourth-order valence-electron chi connectivity index (χ4n) is 2.94. The van der Waals surface area contributed by atoms with Gasteiger partial charge in [0.25, 0.3) is 0 Å². The number of ether oxygens (including phenoxy) is 2. The maximum Gasteiger partial charge on any atom is 0.313 e. The third kappa shape index (κ3) is 1.96. The predicted molar refractivity (Wildman–Crippen MR) is 60.7 cm³/mol. The molecule has 0 aromatic heterocycles. The lowest BCUT2D eigenvalue weighted by molar-refractivity contribution is -0.143. The molecule has 0 N–H and O–H groups in total. The van der Waals surface area contributed by atoms with Crippen LogP contribution in [0.5, 0.6) is 0 Å². The molecule has 4 nitrogen and oxygen atoms in total. The smallest absolute Gasteiger partial charge is 0.313 e. The molecule has 1 aliphatic carbocycles. The van der Waals surface area contributed by atoms with Gasteiger partial charge in [-0.1, -0.05) is 13.8 Å². The number of hydrogen-bond acceptors (Lipinski definition) is 4. The minimum absolute atomic E-state index is 0.0555. The van der Waals surface area contributed by atoms with E-state index in [1.807, 2.05) is 13.8 Å². The number of fused-ring (bicyclic) bond motifs is 1.